The van der Waals surface area contributed by atoms with Crippen molar-refractivity contribution in [1.82, 2.24) is 4.72 Å². The van der Waals surface area contributed by atoms with Crippen LogP contribution < -0.4 is 4.72 Å². The van der Waals surface area contributed by atoms with Gasteiger partial charge in [0.05, 0.1) is 11.5 Å². The zero-order valence-corrected chi connectivity index (χ0v) is 13.9. The van der Waals surface area contributed by atoms with Crippen LogP contribution in [0.15, 0.2) is 27.6 Å². The minimum atomic E-state index is -3.56. The van der Waals surface area contributed by atoms with Gasteiger partial charge in [0.25, 0.3) is 0 Å². The summed E-state index contributed by atoms with van der Waals surface area (Å²) >= 11 is 3.25. The summed E-state index contributed by atoms with van der Waals surface area (Å²) in [6, 6.07) is 5.08. The van der Waals surface area contributed by atoms with Crippen molar-refractivity contribution >= 4 is 31.9 Å². The smallest absolute Gasteiger partial charge is 0.305 e. The van der Waals surface area contributed by atoms with Crippen LogP contribution in [0, 0.1) is 6.92 Å². The number of esters is 1. The maximum atomic E-state index is 12.1. The van der Waals surface area contributed by atoms with Gasteiger partial charge < -0.3 is 4.74 Å². The van der Waals surface area contributed by atoms with Crippen molar-refractivity contribution in [2.45, 2.75) is 31.6 Å². The Morgan fingerprint density at radius 2 is 2.10 bits per heavy atom. The summed E-state index contributed by atoms with van der Waals surface area (Å²) in [5.41, 5.74) is 0.672. The van der Waals surface area contributed by atoms with Gasteiger partial charge in [-0.15, -0.1) is 0 Å². The highest BCUT2D eigenvalue weighted by atomic mass is 79.9. The predicted molar refractivity (Wildman–Crippen MR) is 79.9 cm³/mol. The first-order valence-electron chi connectivity index (χ1n) is 6.28. The van der Waals surface area contributed by atoms with Crippen molar-refractivity contribution in [3.63, 3.8) is 0 Å². The summed E-state index contributed by atoms with van der Waals surface area (Å²) in [7, 11) is -3.56. The summed E-state index contributed by atoms with van der Waals surface area (Å²) in [5.74, 6) is -0.315. The number of sulfonamides is 1. The lowest BCUT2D eigenvalue weighted by atomic mass is 10.2. The maximum Gasteiger partial charge on any atom is 0.305 e. The number of carbonyl (C=O) groups is 1. The number of ether oxygens (including phenoxy) is 1. The van der Waals surface area contributed by atoms with Crippen molar-refractivity contribution in [3.05, 3.63) is 28.2 Å². The molecule has 0 fully saturated rings. The molecule has 5 nitrogen and oxygen atoms in total. The topological polar surface area (TPSA) is 72.5 Å². The molecule has 0 aliphatic carbocycles. The lowest BCUT2D eigenvalue weighted by molar-refractivity contribution is -0.143. The van der Waals surface area contributed by atoms with Crippen LogP contribution in [0.3, 0.4) is 0 Å². The molecule has 112 valence electrons. The largest absolute Gasteiger partial charge is 0.466 e. The Morgan fingerprint density at radius 3 is 2.75 bits per heavy atom. The molecule has 0 saturated carbocycles. The molecule has 1 aromatic rings. The van der Waals surface area contributed by atoms with E-state index in [9.17, 15) is 13.2 Å². The molecule has 0 amide bonds. The second-order valence-electron chi connectivity index (χ2n) is 4.22. The molecule has 0 radical (unpaired) electrons. The quantitative estimate of drug-likeness (QED) is 0.596. The van der Waals surface area contributed by atoms with E-state index in [1.807, 2.05) is 0 Å². The number of benzene rings is 1. The number of halogens is 1. The average Bonchev–Trinajstić information content (AvgIpc) is 2.38. The summed E-state index contributed by atoms with van der Waals surface area (Å²) in [4.78, 5) is 11.4. The van der Waals surface area contributed by atoms with E-state index in [4.69, 9.17) is 4.74 Å². The molecule has 0 atom stereocenters. The first-order valence-corrected chi connectivity index (χ1v) is 8.56. The zero-order valence-electron chi connectivity index (χ0n) is 11.5. The minimum Gasteiger partial charge on any atom is -0.466 e. The van der Waals surface area contributed by atoms with Gasteiger partial charge in [-0.2, -0.15) is 0 Å². The fraction of sp³-hybridized carbons (Fsp3) is 0.462. The van der Waals surface area contributed by atoms with E-state index in [0.717, 1.165) is 0 Å². The van der Waals surface area contributed by atoms with Gasteiger partial charge in [-0.3, -0.25) is 4.79 Å². The van der Waals surface area contributed by atoms with Crippen LogP contribution in [0.4, 0.5) is 0 Å². The van der Waals surface area contributed by atoms with E-state index in [1.165, 1.54) is 0 Å². The predicted octanol–water partition coefficient (Wildman–Crippen LogP) is 2.38. The van der Waals surface area contributed by atoms with Gasteiger partial charge in [-0.1, -0.05) is 22.0 Å². The van der Waals surface area contributed by atoms with Crippen LogP contribution in [0.1, 0.15) is 25.3 Å². The molecule has 0 aromatic heterocycles. The van der Waals surface area contributed by atoms with E-state index in [1.54, 1.807) is 32.0 Å². The molecule has 1 rings (SSSR count). The number of nitrogens with one attached hydrogen (secondary N) is 1. The Balaban J connectivity index is 2.58. The van der Waals surface area contributed by atoms with Gasteiger partial charge in [-0.05, 0) is 38.0 Å². The molecule has 0 unspecified atom stereocenters. The van der Waals surface area contributed by atoms with Crippen LogP contribution in [0.2, 0.25) is 0 Å². The lowest BCUT2D eigenvalue weighted by Crippen LogP contribution is -2.26. The second-order valence-corrected chi connectivity index (χ2v) is 6.87. The average molecular weight is 364 g/mol. The van der Waals surface area contributed by atoms with Gasteiger partial charge in [0, 0.05) is 17.4 Å². The molecular formula is C13H18BrNO4S. The van der Waals surface area contributed by atoms with E-state index >= 15 is 0 Å². The van der Waals surface area contributed by atoms with Crippen molar-refractivity contribution in [2.24, 2.45) is 0 Å². The van der Waals surface area contributed by atoms with Crippen molar-refractivity contribution in [3.8, 4) is 0 Å². The van der Waals surface area contributed by atoms with E-state index < -0.39 is 10.0 Å². The molecule has 0 heterocycles. The summed E-state index contributed by atoms with van der Waals surface area (Å²) < 4.78 is 32.2. The van der Waals surface area contributed by atoms with Crippen LogP contribution in [-0.2, 0) is 19.6 Å². The van der Waals surface area contributed by atoms with E-state index in [2.05, 4.69) is 20.7 Å². The number of carbonyl (C=O) groups excluding carboxylic acids is 1. The Bertz CT molecular complexity index is 572. The van der Waals surface area contributed by atoms with Crippen LogP contribution in [0.25, 0.3) is 0 Å². The van der Waals surface area contributed by atoms with Gasteiger partial charge in [0.1, 0.15) is 0 Å². The molecule has 0 aliphatic rings. The molecule has 0 aliphatic heterocycles. The summed E-state index contributed by atoms with van der Waals surface area (Å²) in [6.07, 6.45) is 0.610. The second kappa shape index (κ2) is 7.75. The molecule has 20 heavy (non-hydrogen) atoms. The number of hydrogen-bond acceptors (Lipinski definition) is 4. The number of aryl methyl sites for hydroxylation is 1. The third-order valence-electron chi connectivity index (χ3n) is 2.59. The van der Waals surface area contributed by atoms with Crippen LogP contribution in [-0.4, -0.2) is 27.5 Å². The van der Waals surface area contributed by atoms with Gasteiger partial charge in [0.2, 0.25) is 10.0 Å². The molecule has 1 N–H and O–H groups in total. The fourth-order valence-corrected chi connectivity index (χ4v) is 3.47. The minimum absolute atomic E-state index is 0.201. The Hall–Kier alpha value is -0.920. The first-order chi connectivity index (χ1) is 9.36. The van der Waals surface area contributed by atoms with Crippen LogP contribution >= 0.6 is 15.9 Å². The SMILES string of the molecule is CCOC(=O)CCCNS(=O)(=O)c1cc(Br)ccc1C. The fourth-order valence-electron chi connectivity index (χ4n) is 1.61. The molecule has 0 bridgehead atoms. The Labute approximate surface area is 127 Å². The third-order valence-corrected chi connectivity index (χ3v) is 4.69. The van der Waals surface area contributed by atoms with Crippen molar-refractivity contribution in [1.29, 1.82) is 0 Å². The summed E-state index contributed by atoms with van der Waals surface area (Å²) in [5, 5.41) is 0. The van der Waals surface area contributed by atoms with Crippen molar-refractivity contribution < 1.29 is 17.9 Å². The highest BCUT2D eigenvalue weighted by Crippen LogP contribution is 2.20. The molecular weight excluding hydrogens is 346 g/mol. The standard InChI is InChI=1S/C13H18BrNO4S/c1-3-19-13(16)5-4-8-15-20(17,18)12-9-11(14)7-6-10(12)2/h6-7,9,15H,3-5,8H2,1-2H3. The molecule has 7 heteroatoms. The first kappa shape index (κ1) is 17.1. The molecule has 1 aromatic carbocycles. The number of rotatable bonds is 7. The highest BCUT2D eigenvalue weighted by Gasteiger charge is 2.16. The van der Waals surface area contributed by atoms with E-state index in [-0.39, 0.29) is 23.8 Å². The normalized spacial score (nSPS) is 11.3. The maximum absolute atomic E-state index is 12.1. The third kappa shape index (κ3) is 5.22. The Kier molecular flexibility index (Phi) is 6.64. The number of hydrogen-bond donors (Lipinski definition) is 1. The molecule has 0 saturated heterocycles. The van der Waals surface area contributed by atoms with Crippen LogP contribution in [0.5, 0.6) is 0 Å². The Morgan fingerprint density at radius 1 is 1.40 bits per heavy atom. The van der Waals surface area contributed by atoms with Gasteiger partial charge in [-0.25, -0.2) is 13.1 Å². The monoisotopic (exact) mass is 363 g/mol. The lowest BCUT2D eigenvalue weighted by Gasteiger charge is -2.09. The van der Waals surface area contributed by atoms with Gasteiger partial charge in [0.15, 0.2) is 0 Å². The van der Waals surface area contributed by atoms with Gasteiger partial charge >= 0.3 is 5.97 Å². The van der Waals surface area contributed by atoms with Crippen molar-refractivity contribution in [2.75, 3.05) is 13.2 Å². The molecule has 0 spiro atoms. The highest BCUT2D eigenvalue weighted by molar-refractivity contribution is 9.10. The van der Waals surface area contributed by atoms with E-state index in [0.29, 0.717) is 23.1 Å². The zero-order chi connectivity index (χ0) is 15.2. The summed E-state index contributed by atoms with van der Waals surface area (Å²) in [6.45, 7) is 4.01.